The van der Waals surface area contributed by atoms with E-state index < -0.39 is 17.2 Å². The highest BCUT2D eigenvalue weighted by Gasteiger charge is 2.42. The summed E-state index contributed by atoms with van der Waals surface area (Å²) in [6.45, 7) is 0.338. The van der Waals surface area contributed by atoms with Gasteiger partial charge < -0.3 is 0 Å². The number of hydrogen-bond donors (Lipinski definition) is 0. The first-order valence-corrected chi connectivity index (χ1v) is 8.91. The molecule has 1 aromatic heterocycles. The molecule has 4 nitrogen and oxygen atoms in total. The third kappa shape index (κ3) is 4.06. The molecule has 0 spiro atoms. The highest BCUT2D eigenvalue weighted by Crippen LogP contribution is 2.46. The van der Waals surface area contributed by atoms with Crippen LogP contribution in [-0.2, 0) is 11.8 Å². The molecule has 8 heteroatoms. The van der Waals surface area contributed by atoms with Crippen LogP contribution in [0.2, 0.25) is 0 Å². The Hall–Kier alpha value is -2.76. The van der Waals surface area contributed by atoms with Gasteiger partial charge in [-0.3, -0.25) is 4.98 Å². The summed E-state index contributed by atoms with van der Waals surface area (Å²) in [4.78, 5) is 7.11. The summed E-state index contributed by atoms with van der Waals surface area (Å²) in [5.41, 5.74) is 9.02. The van der Waals surface area contributed by atoms with Crippen LogP contribution in [0, 0.1) is 0 Å². The highest BCUT2D eigenvalue weighted by atomic mass is 35.5. The van der Waals surface area contributed by atoms with E-state index in [0.29, 0.717) is 18.7 Å². The topological polar surface area (TPSA) is 61.7 Å². The fraction of sp³-hybridized carbons (Fsp3) is 0.250. The molecule has 28 heavy (non-hydrogen) atoms. The van der Waals surface area contributed by atoms with Gasteiger partial charge in [-0.15, -0.1) is 0 Å². The molecule has 1 aliphatic rings. The van der Waals surface area contributed by atoms with Gasteiger partial charge in [0.1, 0.15) is 0 Å². The standard InChI is InChI=1S/C20H16ClF3N4/c21-17-13-19(18-3-1-2-11-26-18,10-8-16(17)20(22,23)24)15-6-4-14(5-7-15)9-12-27-28-25/h1-8,10-11H,9,12-13H2. The second kappa shape index (κ2) is 8.09. The Bertz CT molecular complexity index is 946. The van der Waals surface area contributed by atoms with Crippen molar-refractivity contribution < 1.29 is 13.2 Å². The molecule has 1 heterocycles. The Kier molecular flexibility index (Phi) is 5.77. The highest BCUT2D eigenvalue weighted by molar-refractivity contribution is 6.30. The molecule has 0 N–H and O–H groups in total. The van der Waals surface area contributed by atoms with Crippen molar-refractivity contribution in [3.8, 4) is 0 Å². The first-order valence-electron chi connectivity index (χ1n) is 8.54. The molecule has 1 unspecified atom stereocenters. The molecule has 0 fully saturated rings. The zero-order valence-electron chi connectivity index (χ0n) is 14.7. The van der Waals surface area contributed by atoms with Gasteiger partial charge in [-0.05, 0) is 35.2 Å². The first-order chi connectivity index (χ1) is 13.4. The summed E-state index contributed by atoms with van der Waals surface area (Å²) in [5, 5.41) is 3.27. The van der Waals surface area contributed by atoms with E-state index in [2.05, 4.69) is 15.0 Å². The normalized spacial score (nSPS) is 19.4. The van der Waals surface area contributed by atoms with Crippen LogP contribution in [0.5, 0.6) is 0 Å². The van der Waals surface area contributed by atoms with Gasteiger partial charge in [0.05, 0.1) is 16.7 Å². The van der Waals surface area contributed by atoms with E-state index in [-0.39, 0.29) is 11.5 Å². The lowest BCUT2D eigenvalue weighted by molar-refractivity contribution is -0.0890. The summed E-state index contributed by atoms with van der Waals surface area (Å²) in [6.07, 6.45) is 0.213. The van der Waals surface area contributed by atoms with E-state index in [1.54, 1.807) is 24.4 Å². The lowest BCUT2D eigenvalue weighted by atomic mass is 9.71. The minimum Gasteiger partial charge on any atom is -0.260 e. The van der Waals surface area contributed by atoms with Crippen molar-refractivity contribution in [2.45, 2.75) is 24.4 Å². The van der Waals surface area contributed by atoms with Crippen LogP contribution in [0.3, 0.4) is 0 Å². The minimum atomic E-state index is -4.50. The van der Waals surface area contributed by atoms with Crippen LogP contribution in [0.1, 0.15) is 23.2 Å². The van der Waals surface area contributed by atoms with Gasteiger partial charge >= 0.3 is 6.18 Å². The van der Waals surface area contributed by atoms with E-state index in [4.69, 9.17) is 17.1 Å². The quantitative estimate of drug-likeness (QED) is 0.330. The van der Waals surface area contributed by atoms with Crippen molar-refractivity contribution in [1.82, 2.24) is 4.98 Å². The zero-order valence-corrected chi connectivity index (χ0v) is 15.5. The maximum Gasteiger partial charge on any atom is 0.417 e. The maximum absolute atomic E-state index is 13.2. The molecule has 1 aromatic carbocycles. The van der Waals surface area contributed by atoms with E-state index in [0.717, 1.165) is 17.2 Å². The first kappa shape index (κ1) is 20.0. The molecule has 0 radical (unpaired) electrons. The molecule has 3 rings (SSSR count). The molecule has 0 saturated carbocycles. The van der Waals surface area contributed by atoms with Crippen molar-refractivity contribution in [3.63, 3.8) is 0 Å². The number of benzene rings is 1. The maximum atomic E-state index is 13.2. The number of aromatic nitrogens is 1. The van der Waals surface area contributed by atoms with Crippen molar-refractivity contribution in [1.29, 1.82) is 0 Å². The van der Waals surface area contributed by atoms with Crippen molar-refractivity contribution in [2.75, 3.05) is 6.54 Å². The monoisotopic (exact) mass is 404 g/mol. The fourth-order valence-corrected chi connectivity index (χ4v) is 3.69. The number of pyridine rings is 1. The second-order valence-corrected chi connectivity index (χ2v) is 6.87. The van der Waals surface area contributed by atoms with Gasteiger partial charge in [0, 0.05) is 29.1 Å². The van der Waals surface area contributed by atoms with E-state index >= 15 is 0 Å². The Balaban J connectivity index is 2.02. The van der Waals surface area contributed by atoms with Crippen molar-refractivity contribution >= 4 is 11.6 Å². The van der Waals surface area contributed by atoms with Gasteiger partial charge in [0.25, 0.3) is 0 Å². The predicted octanol–water partition coefficient (Wildman–Crippen LogP) is 6.24. The molecule has 1 aliphatic carbocycles. The van der Waals surface area contributed by atoms with E-state index in [9.17, 15) is 13.2 Å². The van der Waals surface area contributed by atoms with Gasteiger partial charge in [-0.25, -0.2) is 0 Å². The van der Waals surface area contributed by atoms with Gasteiger partial charge in [-0.2, -0.15) is 13.2 Å². The van der Waals surface area contributed by atoms with Gasteiger partial charge in [0.2, 0.25) is 0 Å². The lowest BCUT2D eigenvalue weighted by Crippen LogP contribution is -2.30. The summed E-state index contributed by atoms with van der Waals surface area (Å²) >= 11 is 6.10. The Morgan fingerprint density at radius 3 is 2.50 bits per heavy atom. The summed E-state index contributed by atoms with van der Waals surface area (Å²) < 4.78 is 39.6. The number of hydrogen-bond acceptors (Lipinski definition) is 2. The number of halogens is 4. The van der Waals surface area contributed by atoms with Crippen LogP contribution < -0.4 is 0 Å². The van der Waals surface area contributed by atoms with Crippen molar-refractivity contribution in [3.05, 3.63) is 98.7 Å². The molecule has 144 valence electrons. The Labute approximate surface area is 165 Å². The smallest absolute Gasteiger partial charge is 0.260 e. The third-order valence-corrected chi connectivity index (χ3v) is 5.06. The minimum absolute atomic E-state index is 0.0328. The van der Waals surface area contributed by atoms with Crippen LogP contribution >= 0.6 is 11.6 Å². The Morgan fingerprint density at radius 2 is 1.93 bits per heavy atom. The zero-order chi connectivity index (χ0) is 20.2. The third-order valence-electron chi connectivity index (χ3n) is 4.72. The Morgan fingerprint density at radius 1 is 1.18 bits per heavy atom. The number of rotatable bonds is 5. The average Bonchev–Trinajstić information content (AvgIpc) is 2.68. The number of azide groups is 1. The molecular weight excluding hydrogens is 389 g/mol. The van der Waals surface area contributed by atoms with Gasteiger partial charge in [0.15, 0.2) is 0 Å². The van der Waals surface area contributed by atoms with Crippen LogP contribution in [-0.4, -0.2) is 17.7 Å². The second-order valence-electron chi connectivity index (χ2n) is 6.41. The number of alkyl halides is 3. The van der Waals surface area contributed by atoms with Crippen LogP contribution in [0.15, 0.2) is 76.5 Å². The molecule has 0 saturated heterocycles. The number of nitrogens with zero attached hydrogens (tertiary/aromatic N) is 4. The summed E-state index contributed by atoms with van der Waals surface area (Å²) in [5.74, 6) is 0. The van der Waals surface area contributed by atoms with Crippen molar-refractivity contribution in [2.24, 2.45) is 5.11 Å². The molecule has 1 atom stereocenters. The largest absolute Gasteiger partial charge is 0.417 e. The molecule has 0 amide bonds. The predicted molar refractivity (Wildman–Crippen MR) is 102 cm³/mol. The van der Waals surface area contributed by atoms with Crippen LogP contribution in [0.25, 0.3) is 10.4 Å². The van der Waals surface area contributed by atoms with E-state index in [1.165, 1.54) is 6.08 Å². The van der Waals surface area contributed by atoms with Crippen LogP contribution in [0.4, 0.5) is 13.2 Å². The fourth-order valence-electron chi connectivity index (χ4n) is 3.30. The molecule has 0 aliphatic heterocycles. The molecule has 2 aromatic rings. The number of allylic oxidation sites excluding steroid dienone is 4. The summed E-state index contributed by atoms with van der Waals surface area (Å²) in [6, 6.07) is 12.8. The molecular formula is C20H16ClF3N4. The lowest BCUT2D eigenvalue weighted by Gasteiger charge is -2.34. The summed E-state index contributed by atoms with van der Waals surface area (Å²) in [7, 11) is 0. The SMILES string of the molecule is [N-]=[N+]=NCCc1ccc(C2(c3ccccn3)C=CC(C(F)(F)F)=C(Cl)C2)cc1. The van der Waals surface area contributed by atoms with Gasteiger partial charge in [-0.1, -0.05) is 59.2 Å². The molecule has 0 bridgehead atoms. The average molecular weight is 405 g/mol. The van der Waals surface area contributed by atoms with E-state index in [1.807, 2.05) is 24.3 Å².